The highest BCUT2D eigenvalue weighted by atomic mass is 35.5. The molecule has 3 aromatic rings. The van der Waals surface area contributed by atoms with E-state index in [0.717, 1.165) is 40.6 Å². The molecule has 7 nitrogen and oxygen atoms in total. The molecule has 1 aliphatic rings. The van der Waals surface area contributed by atoms with E-state index in [9.17, 15) is 4.79 Å². The second-order valence-electron chi connectivity index (χ2n) is 7.83. The van der Waals surface area contributed by atoms with Crippen molar-refractivity contribution in [1.29, 1.82) is 0 Å². The van der Waals surface area contributed by atoms with Gasteiger partial charge >= 0.3 is 0 Å². The van der Waals surface area contributed by atoms with Crippen LogP contribution in [0.1, 0.15) is 12.0 Å². The minimum absolute atomic E-state index is 0.0211. The summed E-state index contributed by atoms with van der Waals surface area (Å²) in [5.74, 6) is 0.0715. The van der Waals surface area contributed by atoms with Crippen molar-refractivity contribution >= 4 is 35.5 Å². The number of hydrogen-bond donors (Lipinski definition) is 1. The average Bonchev–Trinajstić information content (AvgIpc) is 3.50. The van der Waals surface area contributed by atoms with Gasteiger partial charge in [-0.2, -0.15) is 0 Å². The Bertz CT molecular complexity index is 1020. The van der Waals surface area contributed by atoms with Crippen molar-refractivity contribution in [3.05, 3.63) is 77.8 Å². The summed E-state index contributed by atoms with van der Waals surface area (Å²) in [4.78, 5) is 16.3. The molecule has 0 radical (unpaired) electrons. The number of thioether (sulfide) groups is 1. The molecule has 0 saturated carbocycles. The Morgan fingerprint density at radius 3 is 2.73 bits per heavy atom. The standard InChI is InChI=1S/C24H27ClN4O3S/c1-26-29(18-30)21-6-8-23(9-7-21)33-15-22-14-31-24(32-22,16-28-13-12-27-17-28)11-10-19-2-4-20(25)5-3-19/h2-9,12-13,17-18,22,26H,10-11,14-16H2,1H3. The van der Waals surface area contributed by atoms with Gasteiger partial charge in [0.25, 0.3) is 0 Å². The molecule has 1 fully saturated rings. The summed E-state index contributed by atoms with van der Waals surface area (Å²) in [5, 5.41) is 2.16. The largest absolute Gasteiger partial charge is 0.345 e. The summed E-state index contributed by atoms with van der Waals surface area (Å²) in [5.41, 5.74) is 4.81. The van der Waals surface area contributed by atoms with E-state index in [1.807, 2.05) is 59.3 Å². The predicted molar refractivity (Wildman–Crippen MR) is 130 cm³/mol. The number of hydrazine groups is 1. The van der Waals surface area contributed by atoms with E-state index >= 15 is 0 Å². The molecule has 1 saturated heterocycles. The monoisotopic (exact) mass is 486 g/mol. The minimum Gasteiger partial charge on any atom is -0.345 e. The van der Waals surface area contributed by atoms with Gasteiger partial charge in [-0.15, -0.1) is 11.8 Å². The first kappa shape index (κ1) is 23.8. The van der Waals surface area contributed by atoms with Crippen molar-refractivity contribution in [3.63, 3.8) is 0 Å². The average molecular weight is 487 g/mol. The molecule has 0 aliphatic carbocycles. The first-order valence-corrected chi connectivity index (χ1v) is 12.1. The maximum Gasteiger partial charge on any atom is 0.228 e. The van der Waals surface area contributed by atoms with Gasteiger partial charge in [0.15, 0.2) is 5.79 Å². The molecule has 1 N–H and O–H groups in total. The van der Waals surface area contributed by atoms with Crippen LogP contribution < -0.4 is 10.4 Å². The number of carbonyl (C=O) groups excluding carboxylic acids is 1. The summed E-state index contributed by atoms with van der Waals surface area (Å²) in [6.45, 7) is 1.13. The van der Waals surface area contributed by atoms with E-state index in [0.29, 0.717) is 13.2 Å². The number of hydrogen-bond acceptors (Lipinski definition) is 6. The first-order chi connectivity index (χ1) is 16.1. The van der Waals surface area contributed by atoms with Crippen LogP contribution in [0.2, 0.25) is 5.02 Å². The summed E-state index contributed by atoms with van der Waals surface area (Å²) in [6.07, 6.45) is 7.75. The first-order valence-electron chi connectivity index (χ1n) is 10.8. The number of imidazole rings is 1. The summed E-state index contributed by atoms with van der Waals surface area (Å²) >= 11 is 7.73. The van der Waals surface area contributed by atoms with Crippen LogP contribution in [-0.4, -0.2) is 47.3 Å². The fourth-order valence-corrected chi connectivity index (χ4v) is 4.77. The normalized spacial score (nSPS) is 20.1. The molecule has 1 aliphatic heterocycles. The van der Waals surface area contributed by atoms with E-state index in [-0.39, 0.29) is 6.10 Å². The lowest BCUT2D eigenvalue weighted by atomic mass is 10.0. The number of aromatic nitrogens is 2. The minimum atomic E-state index is -0.702. The van der Waals surface area contributed by atoms with Crippen molar-refractivity contribution in [1.82, 2.24) is 15.0 Å². The van der Waals surface area contributed by atoms with Gasteiger partial charge in [-0.05, 0) is 48.4 Å². The maximum atomic E-state index is 11.1. The van der Waals surface area contributed by atoms with Gasteiger partial charge in [-0.25, -0.2) is 15.4 Å². The van der Waals surface area contributed by atoms with Gasteiger partial charge in [0.05, 0.1) is 31.3 Å². The number of anilines is 1. The van der Waals surface area contributed by atoms with Crippen LogP contribution in [0.5, 0.6) is 0 Å². The molecule has 2 atom stereocenters. The highest BCUT2D eigenvalue weighted by molar-refractivity contribution is 7.99. The van der Waals surface area contributed by atoms with Crippen LogP contribution in [0.25, 0.3) is 0 Å². The molecule has 9 heteroatoms. The van der Waals surface area contributed by atoms with Crippen molar-refractivity contribution in [2.75, 3.05) is 24.4 Å². The van der Waals surface area contributed by atoms with Crippen molar-refractivity contribution in [3.8, 4) is 0 Å². The molecule has 0 spiro atoms. The zero-order valence-corrected chi connectivity index (χ0v) is 20.0. The number of rotatable bonds is 11. The third kappa shape index (κ3) is 6.37. The Morgan fingerprint density at radius 1 is 1.27 bits per heavy atom. The highest BCUT2D eigenvalue weighted by Gasteiger charge is 2.41. The van der Waals surface area contributed by atoms with Crippen LogP contribution >= 0.6 is 23.4 Å². The molecule has 33 heavy (non-hydrogen) atoms. The topological polar surface area (TPSA) is 68.6 Å². The molecule has 2 unspecified atom stereocenters. The summed E-state index contributed by atoms with van der Waals surface area (Å²) in [6, 6.07) is 15.7. The molecule has 0 bridgehead atoms. The van der Waals surface area contributed by atoms with Gasteiger partial charge in [-0.1, -0.05) is 23.7 Å². The van der Waals surface area contributed by atoms with Gasteiger partial charge in [0.1, 0.15) is 0 Å². The summed E-state index contributed by atoms with van der Waals surface area (Å²) < 4.78 is 14.8. The van der Waals surface area contributed by atoms with E-state index in [1.165, 1.54) is 10.6 Å². The molecule has 2 aromatic carbocycles. The number of ether oxygens (including phenoxy) is 2. The Hall–Kier alpha value is -2.36. The van der Waals surface area contributed by atoms with Crippen LogP contribution in [0, 0.1) is 0 Å². The van der Waals surface area contributed by atoms with E-state index in [1.54, 1.807) is 31.3 Å². The fourth-order valence-electron chi connectivity index (χ4n) is 3.77. The second kappa shape index (κ2) is 11.2. The number of nitrogens with zero attached hydrogens (tertiary/aromatic N) is 3. The Labute approximate surface area is 203 Å². The third-order valence-corrected chi connectivity index (χ3v) is 6.90. The maximum absolute atomic E-state index is 11.1. The third-order valence-electron chi connectivity index (χ3n) is 5.50. The Kier molecular flexibility index (Phi) is 8.06. The molecular formula is C24H27ClN4O3S. The van der Waals surface area contributed by atoms with E-state index in [2.05, 4.69) is 10.4 Å². The molecular weight excluding hydrogens is 460 g/mol. The lowest BCUT2D eigenvalue weighted by molar-refractivity contribution is -0.180. The van der Waals surface area contributed by atoms with Crippen LogP contribution in [0.3, 0.4) is 0 Å². The second-order valence-corrected chi connectivity index (χ2v) is 9.36. The van der Waals surface area contributed by atoms with Crippen LogP contribution in [-0.2, 0) is 27.2 Å². The number of aryl methyl sites for hydroxylation is 1. The van der Waals surface area contributed by atoms with Crippen molar-refractivity contribution in [2.24, 2.45) is 0 Å². The molecule has 174 valence electrons. The SMILES string of the molecule is CNN(C=O)c1ccc(SCC2COC(CCc3ccc(Cl)cc3)(Cn3ccnc3)O2)cc1. The van der Waals surface area contributed by atoms with Crippen LogP contribution in [0.15, 0.2) is 72.1 Å². The highest BCUT2D eigenvalue weighted by Crippen LogP contribution is 2.33. The number of nitrogens with one attached hydrogen (secondary N) is 1. The Balaban J connectivity index is 1.37. The zero-order chi connectivity index (χ0) is 23.1. The lowest BCUT2D eigenvalue weighted by Crippen LogP contribution is -2.37. The Morgan fingerprint density at radius 2 is 2.06 bits per heavy atom. The molecule has 4 rings (SSSR count). The van der Waals surface area contributed by atoms with E-state index < -0.39 is 5.79 Å². The van der Waals surface area contributed by atoms with Gasteiger partial charge < -0.3 is 14.0 Å². The smallest absolute Gasteiger partial charge is 0.228 e. The van der Waals surface area contributed by atoms with Crippen molar-refractivity contribution < 1.29 is 14.3 Å². The number of carbonyl (C=O) groups is 1. The quantitative estimate of drug-likeness (QED) is 0.249. The molecule has 1 amide bonds. The number of amides is 1. The lowest BCUT2D eigenvalue weighted by Gasteiger charge is -2.28. The van der Waals surface area contributed by atoms with Gasteiger partial charge in [0, 0.05) is 41.5 Å². The predicted octanol–water partition coefficient (Wildman–Crippen LogP) is 4.17. The van der Waals surface area contributed by atoms with E-state index in [4.69, 9.17) is 21.1 Å². The fraction of sp³-hybridized carbons (Fsp3) is 0.333. The summed E-state index contributed by atoms with van der Waals surface area (Å²) in [7, 11) is 1.71. The van der Waals surface area contributed by atoms with Gasteiger partial charge in [-0.3, -0.25) is 4.79 Å². The van der Waals surface area contributed by atoms with Crippen molar-refractivity contribution in [2.45, 2.75) is 36.2 Å². The van der Waals surface area contributed by atoms with Crippen LogP contribution in [0.4, 0.5) is 5.69 Å². The molecule has 1 aromatic heterocycles. The molecule has 2 heterocycles. The van der Waals surface area contributed by atoms with Gasteiger partial charge in [0.2, 0.25) is 6.41 Å². The zero-order valence-electron chi connectivity index (χ0n) is 18.4. The number of halogens is 1. The number of benzene rings is 2.